The molecule has 2 rings (SSSR count). The molecule has 1 saturated heterocycles. The summed E-state index contributed by atoms with van der Waals surface area (Å²) in [4.78, 5) is 14.4. The van der Waals surface area contributed by atoms with Crippen LogP contribution in [0.2, 0.25) is 0 Å². The first-order valence-corrected chi connectivity index (χ1v) is 7.71. The number of benzene rings is 1. The van der Waals surface area contributed by atoms with Crippen LogP contribution in [0.5, 0.6) is 0 Å². The molecule has 0 bridgehead atoms. The van der Waals surface area contributed by atoms with Gasteiger partial charge >= 0.3 is 0 Å². The number of nitrogens with zero attached hydrogens (tertiary/aromatic N) is 1. The van der Waals surface area contributed by atoms with E-state index in [0.717, 1.165) is 30.8 Å². The second-order valence-electron chi connectivity index (χ2n) is 5.57. The van der Waals surface area contributed by atoms with Gasteiger partial charge in [-0.3, -0.25) is 4.79 Å². The first-order valence-electron chi connectivity index (χ1n) is 6.73. The molecule has 1 aromatic carbocycles. The van der Waals surface area contributed by atoms with E-state index in [2.05, 4.69) is 13.8 Å². The van der Waals surface area contributed by atoms with E-state index in [1.165, 1.54) is 0 Å². The standard InChI is InChI=1S/C15H22N2OS/c1-15(2)8-9-17(10-11-19-15)14(18)13(16)12-6-4-3-5-7-12/h3-7,13H,8-11,16H2,1-2H3. The Labute approximate surface area is 119 Å². The molecule has 0 radical (unpaired) electrons. The number of rotatable bonds is 2. The Morgan fingerprint density at radius 1 is 1.32 bits per heavy atom. The molecule has 19 heavy (non-hydrogen) atoms. The van der Waals surface area contributed by atoms with Crippen molar-refractivity contribution >= 4 is 17.7 Å². The van der Waals surface area contributed by atoms with Crippen LogP contribution in [-0.2, 0) is 4.79 Å². The van der Waals surface area contributed by atoms with Crippen molar-refractivity contribution in [2.45, 2.75) is 31.1 Å². The summed E-state index contributed by atoms with van der Waals surface area (Å²) in [5, 5.41) is 0. The number of amides is 1. The smallest absolute Gasteiger partial charge is 0.244 e. The van der Waals surface area contributed by atoms with E-state index in [0.29, 0.717) is 0 Å². The molecule has 3 nitrogen and oxygen atoms in total. The highest BCUT2D eigenvalue weighted by Crippen LogP contribution is 2.31. The van der Waals surface area contributed by atoms with Crippen LogP contribution in [0.1, 0.15) is 31.9 Å². The summed E-state index contributed by atoms with van der Waals surface area (Å²) in [7, 11) is 0. The number of carbonyl (C=O) groups excluding carboxylic acids is 1. The van der Waals surface area contributed by atoms with Crippen LogP contribution in [0.25, 0.3) is 0 Å². The van der Waals surface area contributed by atoms with Gasteiger partial charge in [-0.25, -0.2) is 0 Å². The van der Waals surface area contributed by atoms with Crippen LogP contribution < -0.4 is 5.73 Å². The van der Waals surface area contributed by atoms with Crippen molar-refractivity contribution in [3.8, 4) is 0 Å². The van der Waals surface area contributed by atoms with Crippen molar-refractivity contribution in [3.63, 3.8) is 0 Å². The number of nitrogens with two attached hydrogens (primary N) is 1. The Morgan fingerprint density at radius 3 is 2.68 bits per heavy atom. The Kier molecular flexibility index (Phi) is 4.53. The van der Waals surface area contributed by atoms with Gasteiger partial charge in [0.05, 0.1) is 0 Å². The Balaban J connectivity index is 2.03. The highest BCUT2D eigenvalue weighted by Gasteiger charge is 2.28. The molecule has 4 heteroatoms. The lowest BCUT2D eigenvalue weighted by Crippen LogP contribution is -2.40. The summed E-state index contributed by atoms with van der Waals surface area (Å²) in [6, 6.07) is 9.07. The molecule has 1 heterocycles. The summed E-state index contributed by atoms with van der Waals surface area (Å²) in [5.41, 5.74) is 6.98. The fourth-order valence-electron chi connectivity index (χ4n) is 2.24. The van der Waals surface area contributed by atoms with Crippen molar-refractivity contribution in [2.75, 3.05) is 18.8 Å². The van der Waals surface area contributed by atoms with E-state index in [4.69, 9.17) is 5.73 Å². The van der Waals surface area contributed by atoms with Gasteiger partial charge in [0.15, 0.2) is 0 Å². The maximum atomic E-state index is 12.5. The van der Waals surface area contributed by atoms with Gasteiger partial charge < -0.3 is 10.6 Å². The molecule has 0 aliphatic carbocycles. The highest BCUT2D eigenvalue weighted by molar-refractivity contribution is 8.00. The van der Waals surface area contributed by atoms with E-state index < -0.39 is 6.04 Å². The van der Waals surface area contributed by atoms with Crippen molar-refractivity contribution in [1.29, 1.82) is 0 Å². The molecular formula is C15H22N2OS. The SMILES string of the molecule is CC1(C)CCN(C(=O)C(N)c2ccccc2)CCS1. The van der Waals surface area contributed by atoms with E-state index >= 15 is 0 Å². The van der Waals surface area contributed by atoms with Crippen molar-refractivity contribution in [3.05, 3.63) is 35.9 Å². The summed E-state index contributed by atoms with van der Waals surface area (Å²) in [6.07, 6.45) is 1.02. The quantitative estimate of drug-likeness (QED) is 0.904. The zero-order valence-electron chi connectivity index (χ0n) is 11.6. The Hall–Kier alpha value is -1.00. The van der Waals surface area contributed by atoms with Gasteiger partial charge in [-0.1, -0.05) is 44.2 Å². The van der Waals surface area contributed by atoms with Crippen LogP contribution in [0.3, 0.4) is 0 Å². The first kappa shape index (κ1) is 14.4. The minimum absolute atomic E-state index is 0.0458. The molecule has 104 valence electrons. The largest absolute Gasteiger partial charge is 0.340 e. The second-order valence-corrected chi connectivity index (χ2v) is 7.37. The van der Waals surface area contributed by atoms with Gasteiger partial charge in [0, 0.05) is 23.6 Å². The second kappa shape index (κ2) is 5.97. The van der Waals surface area contributed by atoms with E-state index in [1.807, 2.05) is 47.0 Å². The average molecular weight is 278 g/mol. The number of hydrogen-bond acceptors (Lipinski definition) is 3. The number of thioether (sulfide) groups is 1. The minimum atomic E-state index is -0.535. The van der Waals surface area contributed by atoms with Crippen LogP contribution in [0.15, 0.2) is 30.3 Å². The third kappa shape index (κ3) is 3.74. The van der Waals surface area contributed by atoms with Gasteiger partial charge in [0.25, 0.3) is 0 Å². The third-order valence-corrected chi connectivity index (χ3v) is 4.95. The van der Waals surface area contributed by atoms with Gasteiger partial charge in [-0.2, -0.15) is 11.8 Å². The molecule has 1 amide bonds. The summed E-state index contributed by atoms with van der Waals surface area (Å²) >= 11 is 1.94. The zero-order valence-corrected chi connectivity index (χ0v) is 12.5. The van der Waals surface area contributed by atoms with E-state index in [1.54, 1.807) is 0 Å². The molecule has 2 N–H and O–H groups in total. The van der Waals surface area contributed by atoms with Crippen molar-refractivity contribution in [2.24, 2.45) is 5.73 Å². The van der Waals surface area contributed by atoms with Gasteiger partial charge in [-0.15, -0.1) is 0 Å². The third-order valence-electron chi connectivity index (χ3n) is 3.57. The monoisotopic (exact) mass is 278 g/mol. The van der Waals surface area contributed by atoms with Crippen LogP contribution in [0.4, 0.5) is 0 Å². The van der Waals surface area contributed by atoms with Crippen LogP contribution in [0, 0.1) is 0 Å². The average Bonchev–Trinajstić information content (AvgIpc) is 2.59. The summed E-state index contributed by atoms with van der Waals surface area (Å²) in [6.45, 7) is 6.08. The number of carbonyl (C=O) groups is 1. The summed E-state index contributed by atoms with van der Waals surface area (Å²) in [5.74, 6) is 1.03. The topological polar surface area (TPSA) is 46.3 Å². The maximum Gasteiger partial charge on any atom is 0.244 e. The van der Waals surface area contributed by atoms with Gasteiger partial charge in [0.1, 0.15) is 6.04 Å². The minimum Gasteiger partial charge on any atom is -0.340 e. The maximum absolute atomic E-state index is 12.5. The zero-order chi connectivity index (χ0) is 13.9. The van der Waals surface area contributed by atoms with E-state index in [-0.39, 0.29) is 10.7 Å². The molecule has 1 fully saturated rings. The molecule has 0 spiro atoms. The predicted molar refractivity (Wildman–Crippen MR) is 81.1 cm³/mol. The molecule has 1 unspecified atom stereocenters. The molecule has 1 atom stereocenters. The Morgan fingerprint density at radius 2 is 2.00 bits per heavy atom. The predicted octanol–water partition coefficient (Wildman–Crippen LogP) is 2.43. The lowest BCUT2D eigenvalue weighted by Gasteiger charge is -2.25. The summed E-state index contributed by atoms with van der Waals surface area (Å²) < 4.78 is 0.256. The fourth-order valence-corrected chi connectivity index (χ4v) is 3.34. The van der Waals surface area contributed by atoms with Gasteiger partial charge in [-0.05, 0) is 12.0 Å². The molecule has 0 saturated carbocycles. The number of hydrogen-bond donors (Lipinski definition) is 1. The van der Waals surface area contributed by atoms with Crippen LogP contribution in [-0.4, -0.2) is 34.4 Å². The lowest BCUT2D eigenvalue weighted by molar-refractivity contribution is -0.132. The first-order chi connectivity index (χ1) is 8.99. The molecule has 1 aliphatic heterocycles. The lowest BCUT2D eigenvalue weighted by atomic mass is 10.1. The van der Waals surface area contributed by atoms with E-state index in [9.17, 15) is 4.79 Å². The van der Waals surface area contributed by atoms with Crippen LogP contribution >= 0.6 is 11.8 Å². The van der Waals surface area contributed by atoms with Gasteiger partial charge in [0.2, 0.25) is 5.91 Å². The Bertz CT molecular complexity index is 433. The normalized spacial score (nSPS) is 20.7. The fraction of sp³-hybridized carbons (Fsp3) is 0.533. The highest BCUT2D eigenvalue weighted by atomic mass is 32.2. The molecular weight excluding hydrogens is 256 g/mol. The van der Waals surface area contributed by atoms with Crippen molar-refractivity contribution in [1.82, 2.24) is 4.90 Å². The molecule has 1 aliphatic rings. The molecule has 0 aromatic heterocycles. The molecule has 1 aromatic rings. The van der Waals surface area contributed by atoms with Crippen molar-refractivity contribution < 1.29 is 4.79 Å².